The summed E-state index contributed by atoms with van der Waals surface area (Å²) in [6, 6.07) is 1.47. The lowest BCUT2D eigenvalue weighted by atomic mass is 9.92. The summed E-state index contributed by atoms with van der Waals surface area (Å²) < 4.78 is 31.5. The van der Waals surface area contributed by atoms with Gasteiger partial charge in [-0.1, -0.05) is 11.6 Å². The van der Waals surface area contributed by atoms with Crippen molar-refractivity contribution in [1.82, 2.24) is 0 Å². The molecule has 1 aromatic carbocycles. The third kappa shape index (κ3) is 1.97. The highest BCUT2D eigenvalue weighted by atomic mass is 35.5. The number of benzene rings is 1. The van der Waals surface area contributed by atoms with Crippen molar-refractivity contribution in [1.29, 1.82) is 0 Å². The van der Waals surface area contributed by atoms with Gasteiger partial charge in [-0.2, -0.15) is 0 Å². The molecule has 0 saturated carbocycles. The topological polar surface area (TPSA) is 35.2 Å². The van der Waals surface area contributed by atoms with E-state index in [1.54, 1.807) is 0 Å². The Hall–Kier alpha value is -0.710. The largest absolute Gasteiger partial charge is 0.381 e. The van der Waals surface area contributed by atoms with Crippen LogP contribution in [0.1, 0.15) is 11.6 Å². The second kappa shape index (κ2) is 4.04. The first-order valence-electron chi connectivity index (χ1n) is 4.57. The van der Waals surface area contributed by atoms with Gasteiger partial charge in [-0.25, -0.2) is 8.78 Å². The Morgan fingerprint density at radius 1 is 1.33 bits per heavy atom. The van der Waals surface area contributed by atoms with Gasteiger partial charge in [0.2, 0.25) is 0 Å². The van der Waals surface area contributed by atoms with Crippen molar-refractivity contribution < 1.29 is 13.5 Å². The minimum absolute atomic E-state index is 0.0556. The van der Waals surface area contributed by atoms with Crippen molar-refractivity contribution in [2.24, 2.45) is 11.7 Å². The molecule has 0 unspecified atom stereocenters. The van der Waals surface area contributed by atoms with Gasteiger partial charge in [0.25, 0.3) is 0 Å². The summed E-state index contributed by atoms with van der Waals surface area (Å²) in [5.41, 5.74) is 5.95. The van der Waals surface area contributed by atoms with Gasteiger partial charge in [0.15, 0.2) is 0 Å². The van der Waals surface area contributed by atoms with E-state index in [1.807, 2.05) is 0 Å². The summed E-state index contributed by atoms with van der Waals surface area (Å²) in [6.07, 6.45) is 0. The molecular weight excluding hydrogens is 224 g/mol. The van der Waals surface area contributed by atoms with Crippen LogP contribution in [0.2, 0.25) is 5.02 Å². The van der Waals surface area contributed by atoms with E-state index in [0.717, 1.165) is 12.1 Å². The highest BCUT2D eigenvalue weighted by Gasteiger charge is 2.29. The van der Waals surface area contributed by atoms with Crippen LogP contribution in [0.15, 0.2) is 12.1 Å². The van der Waals surface area contributed by atoms with Crippen molar-refractivity contribution in [2.45, 2.75) is 6.04 Å². The highest BCUT2D eigenvalue weighted by molar-refractivity contribution is 6.30. The molecule has 0 spiro atoms. The van der Waals surface area contributed by atoms with Gasteiger partial charge in [0.05, 0.1) is 18.2 Å². The van der Waals surface area contributed by atoms with Crippen molar-refractivity contribution >= 4 is 11.6 Å². The van der Waals surface area contributed by atoms with E-state index in [1.165, 1.54) is 0 Å². The van der Waals surface area contributed by atoms with Gasteiger partial charge in [0, 0.05) is 17.5 Å². The second-order valence-corrected chi connectivity index (χ2v) is 4.02. The molecule has 2 N–H and O–H groups in total. The molecule has 1 saturated heterocycles. The molecule has 2 rings (SSSR count). The fourth-order valence-electron chi connectivity index (χ4n) is 1.51. The Morgan fingerprint density at radius 2 is 2.00 bits per heavy atom. The summed E-state index contributed by atoms with van der Waals surface area (Å²) in [6.45, 7) is 0.982. The van der Waals surface area contributed by atoms with Crippen molar-refractivity contribution in [2.75, 3.05) is 13.2 Å². The Kier molecular flexibility index (Phi) is 2.91. The van der Waals surface area contributed by atoms with Crippen LogP contribution in [-0.4, -0.2) is 13.2 Å². The zero-order valence-electron chi connectivity index (χ0n) is 7.84. The smallest absolute Gasteiger partial charge is 0.142 e. The first-order valence-corrected chi connectivity index (χ1v) is 4.95. The van der Waals surface area contributed by atoms with Crippen LogP contribution >= 0.6 is 11.6 Å². The van der Waals surface area contributed by atoms with Crippen LogP contribution in [-0.2, 0) is 4.74 Å². The molecule has 1 fully saturated rings. The van der Waals surface area contributed by atoms with E-state index >= 15 is 0 Å². The van der Waals surface area contributed by atoms with E-state index < -0.39 is 17.7 Å². The van der Waals surface area contributed by atoms with Gasteiger partial charge in [-0.15, -0.1) is 0 Å². The minimum Gasteiger partial charge on any atom is -0.381 e. The minimum atomic E-state index is -0.649. The molecule has 0 aromatic heterocycles. The zero-order chi connectivity index (χ0) is 11.0. The van der Waals surface area contributed by atoms with Gasteiger partial charge in [-0.3, -0.25) is 0 Å². The van der Waals surface area contributed by atoms with Crippen molar-refractivity contribution in [3.8, 4) is 0 Å². The average Bonchev–Trinajstić information content (AvgIpc) is 2.08. The lowest BCUT2D eigenvalue weighted by Gasteiger charge is -2.31. The number of halogens is 3. The van der Waals surface area contributed by atoms with Gasteiger partial charge >= 0.3 is 0 Å². The van der Waals surface area contributed by atoms with E-state index in [0.29, 0.717) is 13.2 Å². The van der Waals surface area contributed by atoms with Gasteiger partial charge in [-0.05, 0) is 12.1 Å². The van der Waals surface area contributed by atoms with Crippen LogP contribution < -0.4 is 5.73 Å². The molecule has 1 aliphatic heterocycles. The zero-order valence-corrected chi connectivity index (χ0v) is 8.60. The molecule has 1 aliphatic rings. The number of nitrogens with two attached hydrogens (primary N) is 1. The fourth-order valence-corrected chi connectivity index (χ4v) is 1.66. The Bertz CT molecular complexity index is 382. The Morgan fingerprint density at radius 3 is 2.53 bits per heavy atom. The Labute approximate surface area is 91.0 Å². The summed E-state index contributed by atoms with van der Waals surface area (Å²) in [5, 5.41) is -0.228. The highest BCUT2D eigenvalue weighted by Crippen LogP contribution is 2.30. The maximum atomic E-state index is 13.4. The molecule has 82 valence electrons. The maximum absolute atomic E-state index is 13.4. The second-order valence-electron chi connectivity index (χ2n) is 3.61. The quantitative estimate of drug-likeness (QED) is 0.796. The molecule has 0 radical (unpaired) electrons. The monoisotopic (exact) mass is 233 g/mol. The van der Waals surface area contributed by atoms with Crippen LogP contribution in [0, 0.1) is 17.6 Å². The first kappa shape index (κ1) is 10.8. The van der Waals surface area contributed by atoms with Crippen molar-refractivity contribution in [3.63, 3.8) is 0 Å². The molecule has 2 nitrogen and oxygen atoms in total. The van der Waals surface area contributed by atoms with Crippen LogP contribution in [0.4, 0.5) is 8.78 Å². The van der Waals surface area contributed by atoms with E-state index in [2.05, 4.69) is 0 Å². The molecule has 1 atom stereocenters. The van der Waals surface area contributed by atoms with Gasteiger partial charge < -0.3 is 10.5 Å². The standard InChI is InChI=1S/C10H10ClF2NO/c11-7-2-8(12)6(1-9(7)13)10(14)5-3-15-4-5/h1-2,5,10H,3-4,14H2/t10-/m1/s1. The number of rotatable bonds is 2. The lowest BCUT2D eigenvalue weighted by Crippen LogP contribution is -2.37. The van der Waals surface area contributed by atoms with E-state index in [-0.39, 0.29) is 16.5 Å². The summed E-state index contributed by atoms with van der Waals surface area (Å²) in [4.78, 5) is 0. The number of hydrogen-bond donors (Lipinski definition) is 1. The number of hydrogen-bond acceptors (Lipinski definition) is 2. The Balaban J connectivity index is 2.30. The van der Waals surface area contributed by atoms with E-state index in [9.17, 15) is 8.78 Å². The lowest BCUT2D eigenvalue weighted by molar-refractivity contribution is -0.0446. The molecule has 0 aliphatic carbocycles. The van der Waals surface area contributed by atoms with Crippen LogP contribution in [0.3, 0.4) is 0 Å². The maximum Gasteiger partial charge on any atom is 0.142 e. The fraction of sp³-hybridized carbons (Fsp3) is 0.400. The predicted octanol–water partition coefficient (Wildman–Crippen LogP) is 2.26. The summed E-state index contributed by atoms with van der Waals surface area (Å²) >= 11 is 5.44. The van der Waals surface area contributed by atoms with Crippen LogP contribution in [0.5, 0.6) is 0 Å². The van der Waals surface area contributed by atoms with E-state index in [4.69, 9.17) is 22.1 Å². The van der Waals surface area contributed by atoms with Gasteiger partial charge in [0.1, 0.15) is 11.6 Å². The third-order valence-electron chi connectivity index (χ3n) is 2.57. The molecule has 0 amide bonds. The third-order valence-corrected chi connectivity index (χ3v) is 2.86. The predicted molar refractivity (Wildman–Crippen MR) is 52.6 cm³/mol. The molecule has 5 heteroatoms. The molecule has 15 heavy (non-hydrogen) atoms. The SMILES string of the molecule is N[C@@H](c1cc(F)c(Cl)cc1F)C1COC1. The molecule has 1 aromatic rings. The number of ether oxygens (including phenoxy) is 1. The molecular formula is C10H10ClF2NO. The van der Waals surface area contributed by atoms with Crippen molar-refractivity contribution in [3.05, 3.63) is 34.4 Å². The summed E-state index contributed by atoms with van der Waals surface area (Å²) in [7, 11) is 0. The normalized spacial score (nSPS) is 18.7. The first-order chi connectivity index (χ1) is 7.09. The molecule has 1 heterocycles. The summed E-state index contributed by atoms with van der Waals surface area (Å²) in [5.74, 6) is -1.16. The molecule has 0 bridgehead atoms. The average molecular weight is 234 g/mol. The van der Waals surface area contributed by atoms with Crippen LogP contribution in [0.25, 0.3) is 0 Å².